The SMILES string of the molecule is CC.CC(=O)CC(c1ccc2[nH]ncc2c1)c1cccc(C)n1.CCc1ccccc1CC.O=C=O.[HH]. The molecule has 0 radical (unpaired) electrons. The van der Waals surface area contributed by atoms with Crippen LogP contribution in [0.4, 0.5) is 0 Å². The van der Waals surface area contributed by atoms with Crippen LogP contribution in [0.2, 0.25) is 0 Å². The van der Waals surface area contributed by atoms with Gasteiger partial charge in [0.25, 0.3) is 0 Å². The molecule has 4 rings (SSSR count). The number of carbonyl (C=O) groups is 1. The van der Waals surface area contributed by atoms with Gasteiger partial charge in [-0.1, -0.05) is 64.1 Å². The first-order valence-electron chi connectivity index (χ1n) is 12.3. The Bertz CT molecular complexity index is 1220. The number of H-pyrrole nitrogens is 1. The molecule has 2 aromatic carbocycles. The lowest BCUT2D eigenvalue weighted by Crippen LogP contribution is -2.08. The Morgan fingerprint density at radius 2 is 1.58 bits per heavy atom. The third-order valence-corrected chi connectivity index (χ3v) is 5.51. The number of benzene rings is 2. The Balaban J connectivity index is 0.000000682. The number of nitrogens with zero attached hydrogens (tertiary/aromatic N) is 2. The summed E-state index contributed by atoms with van der Waals surface area (Å²) in [6.07, 6.45) is 4.82. The van der Waals surface area contributed by atoms with Gasteiger partial charge < -0.3 is 0 Å². The normalized spacial score (nSPS) is 10.4. The van der Waals surface area contributed by atoms with Crippen LogP contribution >= 0.6 is 0 Å². The van der Waals surface area contributed by atoms with Crippen molar-refractivity contribution in [1.29, 1.82) is 0 Å². The molecule has 6 nitrogen and oxygen atoms in total. The lowest BCUT2D eigenvalue weighted by Gasteiger charge is -2.16. The van der Waals surface area contributed by atoms with Gasteiger partial charge in [0.15, 0.2) is 0 Å². The van der Waals surface area contributed by atoms with Gasteiger partial charge in [0.05, 0.1) is 11.7 Å². The molecular weight excluding hydrogens is 450 g/mol. The van der Waals surface area contributed by atoms with Crippen molar-refractivity contribution in [2.75, 3.05) is 0 Å². The van der Waals surface area contributed by atoms with E-state index in [4.69, 9.17) is 9.59 Å². The number of aryl methyl sites for hydroxylation is 3. The zero-order valence-corrected chi connectivity index (χ0v) is 22.2. The summed E-state index contributed by atoms with van der Waals surface area (Å²) in [7, 11) is 0. The number of Topliss-reactive ketones (excluding diaryl/α,β-unsaturated/α-hetero) is 1. The van der Waals surface area contributed by atoms with E-state index in [0.29, 0.717) is 6.42 Å². The van der Waals surface area contributed by atoms with Crippen molar-refractivity contribution >= 4 is 22.8 Å². The molecule has 0 amide bonds. The minimum Gasteiger partial charge on any atom is -0.300 e. The van der Waals surface area contributed by atoms with Gasteiger partial charge in [-0.3, -0.25) is 14.9 Å². The number of aromatic nitrogens is 3. The number of rotatable bonds is 6. The largest absolute Gasteiger partial charge is 0.373 e. The second-order valence-corrected chi connectivity index (χ2v) is 7.94. The lowest BCUT2D eigenvalue weighted by molar-refractivity contribution is -0.191. The molecule has 4 aromatic rings. The molecule has 0 spiro atoms. The van der Waals surface area contributed by atoms with E-state index in [0.717, 1.165) is 40.7 Å². The molecule has 0 saturated heterocycles. The Labute approximate surface area is 215 Å². The molecule has 0 aliphatic carbocycles. The minimum atomic E-state index is -0.0123. The predicted molar refractivity (Wildman–Crippen MR) is 146 cm³/mol. The highest BCUT2D eigenvalue weighted by Crippen LogP contribution is 2.29. The van der Waals surface area contributed by atoms with E-state index < -0.39 is 0 Å². The van der Waals surface area contributed by atoms with Crippen molar-refractivity contribution < 1.29 is 15.8 Å². The standard InChI is InChI=1S/C17H17N3O.C10H14.C2H6.CO2.H2/c1-11-4-3-5-17(19-11)15(8-12(2)21)13-6-7-16-14(9-13)10-18-20-16;1-3-9-7-5-6-8-10(9)4-2;1-2;2-1-3;/h3-7,9-10,15H,8H2,1-2H3,(H,18,20);5-8H,3-4H2,1-2H3;1-2H3;;1H. The molecule has 6 heteroatoms. The van der Waals surface area contributed by atoms with Gasteiger partial charge in [-0.25, -0.2) is 0 Å². The topological polar surface area (TPSA) is 92.8 Å². The van der Waals surface area contributed by atoms with Crippen LogP contribution in [0.15, 0.2) is 66.9 Å². The molecule has 0 aliphatic heterocycles. The highest BCUT2D eigenvalue weighted by molar-refractivity contribution is 5.80. The van der Waals surface area contributed by atoms with Crippen molar-refractivity contribution in [3.05, 3.63) is 94.9 Å². The fourth-order valence-corrected chi connectivity index (χ4v) is 3.86. The Hall–Kier alpha value is -3.89. The summed E-state index contributed by atoms with van der Waals surface area (Å²) in [6, 6.07) is 20.7. The van der Waals surface area contributed by atoms with Crippen molar-refractivity contribution in [3.8, 4) is 0 Å². The van der Waals surface area contributed by atoms with Crippen LogP contribution in [-0.2, 0) is 27.2 Å². The second kappa shape index (κ2) is 16.7. The maximum Gasteiger partial charge on any atom is 0.373 e. The molecule has 1 unspecified atom stereocenters. The molecule has 0 saturated carbocycles. The summed E-state index contributed by atoms with van der Waals surface area (Å²) in [5.41, 5.74) is 6.98. The van der Waals surface area contributed by atoms with Crippen LogP contribution < -0.4 is 0 Å². The van der Waals surface area contributed by atoms with E-state index in [-0.39, 0.29) is 19.3 Å². The summed E-state index contributed by atoms with van der Waals surface area (Å²) in [5.74, 6) is 0.150. The Kier molecular flexibility index (Phi) is 14.0. The van der Waals surface area contributed by atoms with E-state index in [1.807, 2.05) is 51.1 Å². The van der Waals surface area contributed by atoms with Gasteiger partial charge in [0, 0.05) is 30.5 Å². The lowest BCUT2D eigenvalue weighted by atomic mass is 9.90. The summed E-state index contributed by atoms with van der Waals surface area (Å²) < 4.78 is 0. The molecule has 0 aliphatic rings. The van der Waals surface area contributed by atoms with Crippen LogP contribution in [0, 0.1) is 6.92 Å². The molecule has 1 atom stereocenters. The first kappa shape index (κ1) is 30.1. The summed E-state index contributed by atoms with van der Waals surface area (Å²) in [4.78, 5) is 32.5. The quantitative estimate of drug-likeness (QED) is 0.319. The summed E-state index contributed by atoms with van der Waals surface area (Å²) in [6.45, 7) is 12.0. The number of nitrogens with one attached hydrogen (secondary N) is 1. The van der Waals surface area contributed by atoms with Crippen molar-refractivity contribution in [2.45, 2.75) is 66.7 Å². The number of hydrogen-bond donors (Lipinski definition) is 1. The van der Waals surface area contributed by atoms with Crippen LogP contribution in [0.5, 0.6) is 0 Å². The molecule has 2 aromatic heterocycles. The molecule has 0 fully saturated rings. The Morgan fingerprint density at radius 3 is 2.11 bits per heavy atom. The highest BCUT2D eigenvalue weighted by atomic mass is 16.2. The van der Waals surface area contributed by atoms with Gasteiger partial charge >= 0.3 is 6.15 Å². The number of carbonyl (C=O) groups excluding carboxylic acids is 3. The number of hydrogen-bond acceptors (Lipinski definition) is 5. The smallest absolute Gasteiger partial charge is 0.300 e. The fraction of sp³-hybridized carbons (Fsp3) is 0.333. The number of ketones is 1. The Morgan fingerprint density at radius 1 is 0.972 bits per heavy atom. The van der Waals surface area contributed by atoms with Gasteiger partial charge in [0.1, 0.15) is 5.78 Å². The van der Waals surface area contributed by atoms with E-state index >= 15 is 0 Å². The van der Waals surface area contributed by atoms with Gasteiger partial charge in [-0.15, -0.1) is 0 Å². The predicted octanol–water partition coefficient (Wildman–Crippen LogP) is 6.88. The molecule has 1 N–H and O–H groups in total. The third-order valence-electron chi connectivity index (χ3n) is 5.51. The number of fused-ring (bicyclic) bond motifs is 1. The number of pyridine rings is 1. The average Bonchev–Trinajstić information content (AvgIpc) is 3.37. The van der Waals surface area contributed by atoms with E-state index in [1.54, 1.807) is 13.1 Å². The monoisotopic (exact) mass is 489 g/mol. The highest BCUT2D eigenvalue weighted by Gasteiger charge is 2.18. The van der Waals surface area contributed by atoms with Crippen LogP contribution in [0.25, 0.3) is 10.9 Å². The van der Waals surface area contributed by atoms with Gasteiger partial charge in [-0.2, -0.15) is 14.7 Å². The van der Waals surface area contributed by atoms with Crippen LogP contribution in [0.1, 0.15) is 76.5 Å². The maximum absolute atomic E-state index is 11.7. The molecule has 2 heterocycles. The van der Waals surface area contributed by atoms with Crippen molar-refractivity contribution in [1.82, 2.24) is 15.2 Å². The van der Waals surface area contributed by atoms with Gasteiger partial charge in [-0.05, 0) is 67.6 Å². The van der Waals surface area contributed by atoms with E-state index in [9.17, 15) is 4.79 Å². The molecular formula is C30H39N3O3. The zero-order valence-electron chi connectivity index (χ0n) is 22.2. The van der Waals surface area contributed by atoms with Crippen LogP contribution in [0.3, 0.4) is 0 Å². The van der Waals surface area contributed by atoms with Crippen molar-refractivity contribution in [3.63, 3.8) is 0 Å². The fourth-order valence-electron chi connectivity index (χ4n) is 3.86. The molecule has 192 valence electrons. The number of aromatic amines is 1. The third kappa shape index (κ3) is 9.40. The molecule has 36 heavy (non-hydrogen) atoms. The zero-order chi connectivity index (χ0) is 26.9. The van der Waals surface area contributed by atoms with E-state index in [2.05, 4.69) is 59.4 Å². The minimum absolute atomic E-state index is 0. The summed E-state index contributed by atoms with van der Waals surface area (Å²) in [5, 5.41) is 8.03. The van der Waals surface area contributed by atoms with Crippen LogP contribution in [-0.4, -0.2) is 27.1 Å². The molecule has 0 bridgehead atoms. The van der Waals surface area contributed by atoms with E-state index in [1.165, 1.54) is 11.1 Å². The average molecular weight is 490 g/mol. The summed E-state index contributed by atoms with van der Waals surface area (Å²) >= 11 is 0. The second-order valence-electron chi connectivity index (χ2n) is 7.94. The first-order chi connectivity index (χ1) is 17.4. The maximum atomic E-state index is 11.7. The van der Waals surface area contributed by atoms with Crippen molar-refractivity contribution in [2.24, 2.45) is 0 Å². The van der Waals surface area contributed by atoms with Gasteiger partial charge in [0.2, 0.25) is 0 Å². The first-order valence-corrected chi connectivity index (χ1v) is 12.3.